The van der Waals surface area contributed by atoms with Gasteiger partial charge in [-0.3, -0.25) is 0 Å². The highest BCUT2D eigenvalue weighted by Gasteiger charge is 2.26. The fourth-order valence-electron chi connectivity index (χ4n) is 3.38. The van der Waals surface area contributed by atoms with E-state index >= 15 is 0 Å². The number of methoxy groups -OCH3 is 1. The van der Waals surface area contributed by atoms with Crippen LogP contribution >= 0.6 is 0 Å². The van der Waals surface area contributed by atoms with Crippen LogP contribution < -0.4 is 10.6 Å². The Kier molecular flexibility index (Phi) is 4.57. The van der Waals surface area contributed by atoms with Crippen molar-refractivity contribution < 1.29 is 13.9 Å². The zero-order valence-corrected chi connectivity index (χ0v) is 13.9. The Bertz CT molecular complexity index is 695. The van der Waals surface area contributed by atoms with Crippen LogP contribution in [-0.4, -0.2) is 25.3 Å². The predicted octanol–water partition coefficient (Wildman–Crippen LogP) is 3.67. The quantitative estimate of drug-likeness (QED) is 0.904. The molecule has 23 heavy (non-hydrogen) atoms. The van der Waals surface area contributed by atoms with E-state index < -0.39 is 0 Å². The zero-order chi connectivity index (χ0) is 16.4. The summed E-state index contributed by atoms with van der Waals surface area (Å²) in [7, 11) is 1.72. The molecule has 1 aromatic carbocycles. The summed E-state index contributed by atoms with van der Waals surface area (Å²) in [6, 6.07) is 7.78. The Labute approximate surface area is 136 Å². The number of urea groups is 1. The standard InChI is InChI=1S/C18H24N2O3/c1-11-15-6-4-5-7-16(15)23-17(11)12(2)19-18(21)20-13-8-9-14(10-13)22-3/h4-7,12-14H,8-10H2,1-3H3,(H2,19,20,21)/t12-,13?,14?/m0/s1. The lowest BCUT2D eigenvalue weighted by Crippen LogP contribution is -2.42. The average molecular weight is 316 g/mol. The van der Waals surface area contributed by atoms with Crippen LogP contribution in [-0.2, 0) is 4.74 Å². The van der Waals surface area contributed by atoms with Crippen molar-refractivity contribution >= 4 is 17.0 Å². The van der Waals surface area contributed by atoms with Crippen molar-refractivity contribution in [2.24, 2.45) is 0 Å². The van der Waals surface area contributed by atoms with Gasteiger partial charge in [0.2, 0.25) is 0 Å². The molecule has 0 aliphatic heterocycles. The van der Waals surface area contributed by atoms with Crippen LogP contribution in [0.3, 0.4) is 0 Å². The third-order valence-electron chi connectivity index (χ3n) is 4.67. The molecule has 1 aromatic heterocycles. The third kappa shape index (κ3) is 3.34. The third-order valence-corrected chi connectivity index (χ3v) is 4.67. The van der Waals surface area contributed by atoms with E-state index in [1.54, 1.807) is 7.11 Å². The maximum Gasteiger partial charge on any atom is 0.315 e. The van der Waals surface area contributed by atoms with Crippen LogP contribution in [0.15, 0.2) is 28.7 Å². The minimum absolute atomic E-state index is 0.154. The molecule has 1 fully saturated rings. The molecule has 0 radical (unpaired) electrons. The van der Waals surface area contributed by atoms with Crippen molar-refractivity contribution in [3.05, 3.63) is 35.6 Å². The smallest absolute Gasteiger partial charge is 0.315 e. The molecule has 0 bridgehead atoms. The van der Waals surface area contributed by atoms with Crippen LogP contribution in [0.1, 0.15) is 43.6 Å². The van der Waals surface area contributed by atoms with Crippen molar-refractivity contribution in [1.29, 1.82) is 0 Å². The summed E-state index contributed by atoms with van der Waals surface area (Å²) in [4.78, 5) is 12.2. The van der Waals surface area contributed by atoms with Gasteiger partial charge in [-0.25, -0.2) is 4.79 Å². The molecule has 0 spiro atoms. The number of fused-ring (bicyclic) bond motifs is 1. The van der Waals surface area contributed by atoms with Crippen LogP contribution in [0.5, 0.6) is 0 Å². The minimum Gasteiger partial charge on any atom is -0.459 e. The largest absolute Gasteiger partial charge is 0.459 e. The number of amides is 2. The Morgan fingerprint density at radius 3 is 2.83 bits per heavy atom. The number of carbonyl (C=O) groups excluding carboxylic acids is 1. The highest BCUT2D eigenvalue weighted by Crippen LogP contribution is 2.29. The molecule has 2 N–H and O–H groups in total. The molecule has 1 heterocycles. The lowest BCUT2D eigenvalue weighted by atomic mass is 10.1. The number of furan rings is 1. The lowest BCUT2D eigenvalue weighted by molar-refractivity contribution is 0.107. The molecule has 5 nitrogen and oxygen atoms in total. The molecule has 0 saturated heterocycles. The lowest BCUT2D eigenvalue weighted by Gasteiger charge is -2.17. The molecule has 2 amide bonds. The fourth-order valence-corrected chi connectivity index (χ4v) is 3.38. The Balaban J connectivity index is 1.62. The van der Waals surface area contributed by atoms with Crippen molar-refractivity contribution in [3.63, 3.8) is 0 Å². The number of nitrogens with one attached hydrogen (secondary N) is 2. The van der Waals surface area contributed by atoms with E-state index in [1.807, 2.05) is 38.1 Å². The van der Waals surface area contributed by atoms with E-state index in [-0.39, 0.29) is 24.2 Å². The van der Waals surface area contributed by atoms with E-state index in [0.29, 0.717) is 0 Å². The molecule has 3 rings (SSSR count). The summed E-state index contributed by atoms with van der Waals surface area (Å²) in [5, 5.41) is 7.09. The number of ether oxygens (including phenoxy) is 1. The second kappa shape index (κ2) is 6.62. The van der Waals surface area contributed by atoms with E-state index in [4.69, 9.17) is 9.15 Å². The topological polar surface area (TPSA) is 63.5 Å². The van der Waals surface area contributed by atoms with Crippen molar-refractivity contribution in [3.8, 4) is 0 Å². The maximum atomic E-state index is 12.2. The first-order valence-electron chi connectivity index (χ1n) is 8.16. The summed E-state index contributed by atoms with van der Waals surface area (Å²) in [5.74, 6) is 0.808. The molecular formula is C18H24N2O3. The summed E-state index contributed by atoms with van der Waals surface area (Å²) in [6.07, 6.45) is 3.10. The van der Waals surface area contributed by atoms with Crippen LogP contribution in [0.25, 0.3) is 11.0 Å². The van der Waals surface area contributed by atoms with Crippen LogP contribution in [0.2, 0.25) is 0 Å². The second-order valence-electron chi connectivity index (χ2n) is 6.29. The van der Waals surface area contributed by atoms with Gasteiger partial charge in [0.1, 0.15) is 11.3 Å². The van der Waals surface area contributed by atoms with Gasteiger partial charge in [-0.05, 0) is 39.2 Å². The van der Waals surface area contributed by atoms with Crippen molar-refractivity contribution in [1.82, 2.24) is 10.6 Å². The van der Waals surface area contributed by atoms with Gasteiger partial charge in [0.05, 0.1) is 12.1 Å². The second-order valence-corrected chi connectivity index (χ2v) is 6.29. The molecule has 2 unspecified atom stereocenters. The van der Waals surface area contributed by atoms with Gasteiger partial charge in [0.25, 0.3) is 0 Å². The molecule has 5 heteroatoms. The first-order chi connectivity index (χ1) is 11.1. The number of carbonyl (C=O) groups is 1. The Hall–Kier alpha value is -2.01. The minimum atomic E-state index is -0.179. The number of aryl methyl sites for hydroxylation is 1. The average Bonchev–Trinajstić information content (AvgIpc) is 3.12. The zero-order valence-electron chi connectivity index (χ0n) is 13.9. The van der Waals surface area contributed by atoms with Gasteiger partial charge in [-0.1, -0.05) is 18.2 Å². The Morgan fingerprint density at radius 1 is 1.35 bits per heavy atom. The number of hydrogen-bond acceptors (Lipinski definition) is 3. The predicted molar refractivity (Wildman–Crippen MR) is 89.5 cm³/mol. The Morgan fingerprint density at radius 2 is 2.13 bits per heavy atom. The number of benzene rings is 1. The van der Waals surface area contributed by atoms with Gasteiger partial charge in [0.15, 0.2) is 0 Å². The van der Waals surface area contributed by atoms with Crippen LogP contribution in [0, 0.1) is 6.92 Å². The monoisotopic (exact) mass is 316 g/mol. The molecule has 124 valence electrons. The summed E-state index contributed by atoms with van der Waals surface area (Å²) in [5.41, 5.74) is 1.93. The van der Waals surface area contributed by atoms with Gasteiger partial charge >= 0.3 is 6.03 Å². The summed E-state index contributed by atoms with van der Waals surface area (Å²) >= 11 is 0. The number of rotatable bonds is 4. The van der Waals surface area contributed by atoms with Gasteiger partial charge in [0, 0.05) is 24.1 Å². The van der Waals surface area contributed by atoms with Gasteiger partial charge in [-0.15, -0.1) is 0 Å². The summed E-state index contributed by atoms with van der Waals surface area (Å²) in [6.45, 7) is 3.97. The van der Waals surface area contributed by atoms with Crippen molar-refractivity contribution in [2.75, 3.05) is 7.11 Å². The molecule has 1 saturated carbocycles. The van der Waals surface area contributed by atoms with Gasteiger partial charge < -0.3 is 19.8 Å². The summed E-state index contributed by atoms with van der Waals surface area (Å²) < 4.78 is 11.2. The van der Waals surface area contributed by atoms with Gasteiger partial charge in [-0.2, -0.15) is 0 Å². The van der Waals surface area contributed by atoms with Crippen molar-refractivity contribution in [2.45, 2.75) is 51.3 Å². The molecular weight excluding hydrogens is 292 g/mol. The first-order valence-corrected chi connectivity index (χ1v) is 8.16. The normalized spacial score (nSPS) is 22.2. The highest BCUT2D eigenvalue weighted by molar-refractivity contribution is 5.82. The van der Waals surface area contributed by atoms with Crippen LogP contribution in [0.4, 0.5) is 4.79 Å². The molecule has 1 aliphatic carbocycles. The molecule has 3 atom stereocenters. The number of para-hydroxylation sites is 1. The maximum absolute atomic E-state index is 12.2. The highest BCUT2D eigenvalue weighted by atomic mass is 16.5. The van der Waals surface area contributed by atoms with E-state index in [1.165, 1.54) is 0 Å². The molecule has 2 aromatic rings. The number of hydrogen-bond donors (Lipinski definition) is 2. The van der Waals surface area contributed by atoms with E-state index in [9.17, 15) is 4.79 Å². The van der Waals surface area contributed by atoms with E-state index in [0.717, 1.165) is 41.6 Å². The fraction of sp³-hybridized carbons (Fsp3) is 0.500. The molecule has 1 aliphatic rings. The first kappa shape index (κ1) is 15.9. The SMILES string of the molecule is COC1CCC(NC(=O)N[C@@H](C)c2oc3ccccc3c2C)C1. The van der Waals surface area contributed by atoms with E-state index in [2.05, 4.69) is 10.6 Å².